The lowest BCUT2D eigenvalue weighted by molar-refractivity contribution is -0.128. The number of rotatable bonds is 2. The van der Waals surface area contributed by atoms with Crippen molar-refractivity contribution in [1.29, 1.82) is 0 Å². The van der Waals surface area contributed by atoms with Crippen LogP contribution in [0.2, 0.25) is 0 Å². The molecule has 1 aromatic heterocycles. The molecule has 1 N–H and O–H groups in total. The number of pyridine rings is 1. The average Bonchev–Trinajstić information content (AvgIpc) is 2.73. The number of Topliss-reactive ketones (excluding diaryl/α,β-unsaturated/α-hetero) is 1. The number of hydrogen-bond donors (Lipinski definition) is 1. The van der Waals surface area contributed by atoms with E-state index in [1.54, 1.807) is 12.4 Å². The van der Waals surface area contributed by atoms with Gasteiger partial charge in [0.1, 0.15) is 5.78 Å². The van der Waals surface area contributed by atoms with Crippen LogP contribution >= 0.6 is 0 Å². The zero-order valence-corrected chi connectivity index (χ0v) is 13.1. The van der Waals surface area contributed by atoms with Gasteiger partial charge < -0.3 is 0 Å². The topological polar surface area (TPSA) is 84.3 Å². The van der Waals surface area contributed by atoms with E-state index >= 15 is 0 Å². The van der Waals surface area contributed by atoms with Gasteiger partial charge in [0.05, 0.1) is 11.2 Å². The molecule has 2 aliphatic carbocycles. The minimum Gasteiger partial charge on any atom is -0.299 e. The molecule has 3 rings (SSSR count). The van der Waals surface area contributed by atoms with E-state index < -0.39 is 21.3 Å². The Labute approximate surface area is 125 Å². The Morgan fingerprint density at radius 1 is 1.29 bits per heavy atom. The normalized spacial score (nSPS) is 29.9. The van der Waals surface area contributed by atoms with Crippen molar-refractivity contribution in [2.75, 3.05) is 5.75 Å². The summed E-state index contributed by atoms with van der Waals surface area (Å²) in [4.78, 5) is 15.7. The van der Waals surface area contributed by atoms with E-state index in [2.05, 4.69) is 4.98 Å². The van der Waals surface area contributed by atoms with Crippen LogP contribution in [0.4, 0.5) is 0 Å². The fourth-order valence-electron chi connectivity index (χ4n) is 3.73. The summed E-state index contributed by atoms with van der Waals surface area (Å²) in [6.45, 7) is 3.89. The molecule has 2 aliphatic rings. The first-order valence-corrected chi connectivity index (χ1v) is 8.63. The molecule has 0 saturated heterocycles. The largest absolute Gasteiger partial charge is 0.299 e. The van der Waals surface area contributed by atoms with Crippen molar-refractivity contribution < 1.29 is 17.8 Å². The summed E-state index contributed by atoms with van der Waals surface area (Å²) in [6, 6.07) is 5.72. The van der Waals surface area contributed by atoms with E-state index in [0.29, 0.717) is 12.8 Å². The first-order chi connectivity index (χ1) is 9.69. The van der Waals surface area contributed by atoms with Crippen LogP contribution in [-0.4, -0.2) is 29.5 Å². The van der Waals surface area contributed by atoms with E-state index in [4.69, 9.17) is 4.55 Å². The molecule has 2 fully saturated rings. The molecule has 0 amide bonds. The molecule has 1 aromatic rings. The summed E-state index contributed by atoms with van der Waals surface area (Å²) in [5, 5.41) is 0. The van der Waals surface area contributed by atoms with Crippen molar-refractivity contribution >= 4 is 15.9 Å². The van der Waals surface area contributed by atoms with Gasteiger partial charge >= 0.3 is 0 Å². The molecule has 0 aromatic carbocycles. The molecule has 2 unspecified atom stereocenters. The van der Waals surface area contributed by atoms with Crippen LogP contribution in [0.15, 0.2) is 30.6 Å². The summed E-state index contributed by atoms with van der Waals surface area (Å²) < 4.78 is 31.0. The Kier molecular flexibility index (Phi) is 4.22. The Bertz CT molecular complexity index is 585. The van der Waals surface area contributed by atoms with Gasteiger partial charge in [-0.05, 0) is 36.3 Å². The lowest BCUT2D eigenvalue weighted by Gasteiger charge is -2.35. The first kappa shape index (κ1) is 16.1. The fourth-order valence-corrected chi connectivity index (χ4v) is 5.03. The zero-order valence-electron chi connectivity index (χ0n) is 12.3. The van der Waals surface area contributed by atoms with Gasteiger partial charge in [0.2, 0.25) is 0 Å². The van der Waals surface area contributed by atoms with Gasteiger partial charge in [-0.25, -0.2) is 0 Å². The molecule has 6 heteroatoms. The van der Waals surface area contributed by atoms with Gasteiger partial charge in [-0.15, -0.1) is 0 Å². The smallest absolute Gasteiger partial charge is 0.265 e. The van der Waals surface area contributed by atoms with Gasteiger partial charge in [-0.2, -0.15) is 8.42 Å². The second kappa shape index (κ2) is 5.50. The summed E-state index contributed by atoms with van der Waals surface area (Å²) in [5.41, 5.74) is -1.12. The Hall–Kier alpha value is -1.27. The summed E-state index contributed by atoms with van der Waals surface area (Å²) >= 11 is 0. The second-order valence-corrected chi connectivity index (χ2v) is 7.87. The van der Waals surface area contributed by atoms with Crippen molar-refractivity contribution in [3.05, 3.63) is 30.6 Å². The summed E-state index contributed by atoms with van der Waals surface area (Å²) in [5.74, 6) is -0.101. The van der Waals surface area contributed by atoms with Crippen molar-refractivity contribution in [1.82, 2.24) is 4.98 Å². The number of ketones is 1. The maximum atomic E-state index is 11.9. The van der Waals surface area contributed by atoms with Gasteiger partial charge in [-0.1, -0.05) is 19.9 Å². The Morgan fingerprint density at radius 2 is 1.90 bits per heavy atom. The van der Waals surface area contributed by atoms with Crippen LogP contribution in [-0.2, 0) is 14.9 Å². The number of aromatic nitrogens is 1. The molecule has 2 saturated carbocycles. The SMILES string of the molecule is CC1(C)C2CCC1(CS(=O)(=O)O)C(=O)C2.c1ccncc1. The molecular formula is C15H21NO4S. The van der Waals surface area contributed by atoms with Crippen molar-refractivity contribution in [2.24, 2.45) is 16.7 Å². The highest BCUT2D eigenvalue weighted by Crippen LogP contribution is 2.64. The quantitative estimate of drug-likeness (QED) is 0.848. The lowest BCUT2D eigenvalue weighted by atomic mass is 9.70. The minimum atomic E-state index is -4.08. The van der Waals surface area contributed by atoms with E-state index in [-0.39, 0.29) is 17.1 Å². The number of hydrogen-bond acceptors (Lipinski definition) is 4. The Morgan fingerprint density at radius 3 is 2.19 bits per heavy atom. The van der Waals surface area contributed by atoms with Crippen molar-refractivity contribution in [3.63, 3.8) is 0 Å². The highest BCUT2D eigenvalue weighted by atomic mass is 32.2. The minimum absolute atomic E-state index is 0.0152. The molecule has 2 bridgehead atoms. The highest BCUT2D eigenvalue weighted by molar-refractivity contribution is 7.85. The maximum absolute atomic E-state index is 11.9. The summed E-state index contributed by atoms with van der Waals surface area (Å²) in [7, 11) is -4.08. The van der Waals surface area contributed by atoms with Gasteiger partial charge in [0.25, 0.3) is 10.1 Å². The van der Waals surface area contributed by atoms with Crippen molar-refractivity contribution in [2.45, 2.75) is 33.1 Å². The van der Waals surface area contributed by atoms with E-state index in [1.807, 2.05) is 32.0 Å². The number of fused-ring (bicyclic) bond motifs is 2. The first-order valence-electron chi connectivity index (χ1n) is 7.02. The predicted octanol–water partition coefficient (Wildman–Crippen LogP) is 2.35. The monoisotopic (exact) mass is 311 g/mol. The van der Waals surface area contributed by atoms with Crippen LogP contribution in [0.1, 0.15) is 33.1 Å². The molecule has 21 heavy (non-hydrogen) atoms. The lowest BCUT2D eigenvalue weighted by Crippen LogP contribution is -2.42. The van der Waals surface area contributed by atoms with Gasteiger partial charge in [0.15, 0.2) is 0 Å². The summed E-state index contributed by atoms with van der Waals surface area (Å²) in [6.07, 6.45) is 5.47. The average molecular weight is 311 g/mol. The maximum Gasteiger partial charge on any atom is 0.265 e. The van der Waals surface area contributed by atoms with Crippen LogP contribution in [0, 0.1) is 16.7 Å². The molecule has 116 valence electrons. The van der Waals surface area contributed by atoms with Crippen LogP contribution in [0.5, 0.6) is 0 Å². The number of carbonyl (C=O) groups excluding carboxylic acids is 1. The van der Waals surface area contributed by atoms with Gasteiger partial charge in [-0.3, -0.25) is 14.3 Å². The third kappa shape index (κ3) is 3.01. The molecule has 1 heterocycles. The van der Waals surface area contributed by atoms with Gasteiger partial charge in [0, 0.05) is 18.8 Å². The number of nitrogens with zero attached hydrogens (tertiary/aromatic N) is 1. The number of carbonyl (C=O) groups is 1. The zero-order chi connectivity index (χ0) is 15.7. The Balaban J connectivity index is 0.000000225. The molecule has 0 radical (unpaired) electrons. The van der Waals surface area contributed by atoms with E-state index in [9.17, 15) is 13.2 Å². The fraction of sp³-hybridized carbons (Fsp3) is 0.600. The van der Waals surface area contributed by atoms with Crippen LogP contribution in [0.3, 0.4) is 0 Å². The second-order valence-electron chi connectivity index (χ2n) is 6.42. The van der Waals surface area contributed by atoms with Crippen LogP contribution < -0.4 is 0 Å². The van der Waals surface area contributed by atoms with E-state index in [0.717, 1.165) is 6.42 Å². The molecular weight excluding hydrogens is 290 g/mol. The third-order valence-corrected chi connectivity index (χ3v) is 5.99. The standard InChI is InChI=1S/C10H16O4S.C5H5N/c1-9(2)7-3-4-10(9,8(11)5-7)6-15(12,13)14;1-2-4-6-5-3-1/h7H,3-6H2,1-2H3,(H,12,13,14);1-5H. The molecule has 5 nitrogen and oxygen atoms in total. The molecule has 0 spiro atoms. The molecule has 0 aliphatic heterocycles. The highest BCUT2D eigenvalue weighted by Gasteiger charge is 2.65. The predicted molar refractivity (Wildman–Crippen MR) is 79.2 cm³/mol. The van der Waals surface area contributed by atoms with E-state index in [1.165, 1.54) is 0 Å². The van der Waals surface area contributed by atoms with Crippen molar-refractivity contribution in [3.8, 4) is 0 Å². The molecule has 2 atom stereocenters. The third-order valence-electron chi connectivity index (χ3n) is 5.13. The van der Waals surface area contributed by atoms with Crippen LogP contribution in [0.25, 0.3) is 0 Å².